The lowest BCUT2D eigenvalue weighted by Crippen LogP contribution is -2.41. The van der Waals surface area contributed by atoms with Gasteiger partial charge >= 0.3 is 0 Å². The maximum Gasteiger partial charge on any atom is 0.0693 e. The molecule has 0 amide bonds. The molecule has 0 aliphatic carbocycles. The number of rotatable bonds is 7. The van der Waals surface area contributed by atoms with Gasteiger partial charge in [0.2, 0.25) is 0 Å². The van der Waals surface area contributed by atoms with E-state index in [1.807, 2.05) is 6.92 Å². The summed E-state index contributed by atoms with van der Waals surface area (Å²) in [6, 6.07) is 0.279. The third-order valence-electron chi connectivity index (χ3n) is 2.49. The van der Waals surface area contributed by atoms with Crippen LogP contribution in [0.25, 0.3) is 0 Å². The van der Waals surface area contributed by atoms with Crippen LogP contribution in [0.4, 0.5) is 0 Å². The van der Waals surface area contributed by atoms with Crippen molar-refractivity contribution in [1.29, 1.82) is 0 Å². The minimum Gasteiger partial charge on any atom is -0.392 e. The highest BCUT2D eigenvalue weighted by Crippen LogP contribution is 2.04. The Kier molecular flexibility index (Phi) is 7.15. The molecule has 0 spiro atoms. The molecule has 0 saturated carbocycles. The van der Waals surface area contributed by atoms with E-state index in [9.17, 15) is 5.11 Å². The number of nitrogens with one attached hydrogen (secondary N) is 1. The van der Waals surface area contributed by atoms with Crippen LogP contribution in [-0.2, 0) is 4.74 Å². The Bertz CT molecular complexity index is 139. The smallest absolute Gasteiger partial charge is 0.0693 e. The van der Waals surface area contributed by atoms with Gasteiger partial charge in [-0.3, -0.25) is 0 Å². The lowest BCUT2D eigenvalue weighted by molar-refractivity contribution is 0.0779. The van der Waals surface area contributed by atoms with Crippen molar-refractivity contribution in [1.82, 2.24) is 5.32 Å². The van der Waals surface area contributed by atoms with Crippen molar-refractivity contribution in [3.05, 3.63) is 0 Å². The first-order valence-electron chi connectivity index (χ1n) is 5.41. The predicted octanol–water partition coefficient (Wildman–Crippen LogP) is 1.41. The van der Waals surface area contributed by atoms with Crippen molar-refractivity contribution in [2.24, 2.45) is 5.92 Å². The number of aliphatic hydroxyl groups excluding tert-OH is 1. The number of hydrogen-bond donors (Lipinski definition) is 2. The summed E-state index contributed by atoms with van der Waals surface area (Å²) in [5, 5.41) is 12.9. The van der Waals surface area contributed by atoms with Crippen LogP contribution < -0.4 is 5.32 Å². The average molecular weight is 203 g/mol. The van der Waals surface area contributed by atoms with E-state index in [0.717, 1.165) is 6.42 Å². The van der Waals surface area contributed by atoms with Crippen LogP contribution in [0, 0.1) is 5.92 Å². The molecule has 0 bridgehead atoms. The van der Waals surface area contributed by atoms with E-state index in [2.05, 4.69) is 26.1 Å². The van der Waals surface area contributed by atoms with Crippen LogP contribution in [-0.4, -0.2) is 37.0 Å². The summed E-state index contributed by atoms with van der Waals surface area (Å²) in [5.41, 5.74) is 0. The summed E-state index contributed by atoms with van der Waals surface area (Å²) < 4.78 is 5.18. The normalized spacial score (nSPS) is 18.2. The van der Waals surface area contributed by atoms with E-state index in [1.165, 1.54) is 0 Å². The monoisotopic (exact) mass is 203 g/mol. The quantitative estimate of drug-likeness (QED) is 0.657. The summed E-state index contributed by atoms with van der Waals surface area (Å²) in [4.78, 5) is 0. The Labute approximate surface area is 87.8 Å². The van der Waals surface area contributed by atoms with E-state index >= 15 is 0 Å². The van der Waals surface area contributed by atoms with Gasteiger partial charge in [0.25, 0.3) is 0 Å². The Morgan fingerprint density at radius 3 is 2.21 bits per heavy atom. The third-order valence-corrected chi connectivity index (χ3v) is 2.49. The number of aliphatic hydroxyl groups is 1. The van der Waals surface area contributed by atoms with Gasteiger partial charge in [0.1, 0.15) is 0 Å². The molecule has 0 saturated heterocycles. The fourth-order valence-electron chi connectivity index (χ4n) is 1.32. The van der Waals surface area contributed by atoms with Crippen LogP contribution in [0.2, 0.25) is 0 Å². The minimum atomic E-state index is -0.249. The summed E-state index contributed by atoms with van der Waals surface area (Å²) in [7, 11) is 1.70. The highest BCUT2D eigenvalue weighted by Gasteiger charge is 2.13. The highest BCUT2D eigenvalue weighted by atomic mass is 16.5. The van der Waals surface area contributed by atoms with Gasteiger partial charge in [-0.2, -0.15) is 0 Å². The molecule has 2 N–H and O–H groups in total. The second-order valence-electron chi connectivity index (χ2n) is 4.42. The fourth-order valence-corrected chi connectivity index (χ4v) is 1.32. The molecule has 0 aromatic heterocycles. The van der Waals surface area contributed by atoms with Crippen molar-refractivity contribution >= 4 is 0 Å². The molecular weight excluding hydrogens is 178 g/mol. The Hall–Kier alpha value is -0.120. The van der Waals surface area contributed by atoms with Gasteiger partial charge in [0, 0.05) is 19.7 Å². The van der Waals surface area contributed by atoms with Crippen LogP contribution in [0.15, 0.2) is 0 Å². The van der Waals surface area contributed by atoms with Gasteiger partial charge in [-0.05, 0) is 26.2 Å². The van der Waals surface area contributed by atoms with E-state index in [4.69, 9.17) is 4.74 Å². The minimum absolute atomic E-state index is 0.182. The molecule has 3 nitrogen and oxygen atoms in total. The first-order valence-corrected chi connectivity index (χ1v) is 5.41. The first-order chi connectivity index (χ1) is 6.47. The Morgan fingerprint density at radius 1 is 1.21 bits per heavy atom. The zero-order valence-corrected chi connectivity index (χ0v) is 10.1. The van der Waals surface area contributed by atoms with E-state index < -0.39 is 0 Å². The van der Waals surface area contributed by atoms with Crippen LogP contribution in [0.5, 0.6) is 0 Å². The molecule has 3 heteroatoms. The lowest BCUT2D eigenvalue weighted by Gasteiger charge is -2.22. The Balaban J connectivity index is 3.60. The molecule has 3 atom stereocenters. The SMILES string of the molecule is COC(C)C(C)NCC(O)CC(C)C. The summed E-state index contributed by atoms with van der Waals surface area (Å²) >= 11 is 0. The molecule has 86 valence electrons. The van der Waals surface area contributed by atoms with Crippen molar-refractivity contribution in [2.45, 2.75) is 52.4 Å². The maximum atomic E-state index is 9.62. The van der Waals surface area contributed by atoms with Gasteiger partial charge in [-0.15, -0.1) is 0 Å². The molecule has 3 unspecified atom stereocenters. The van der Waals surface area contributed by atoms with Crippen LogP contribution >= 0.6 is 0 Å². The topological polar surface area (TPSA) is 41.5 Å². The molecule has 0 radical (unpaired) electrons. The van der Waals surface area contributed by atoms with E-state index in [1.54, 1.807) is 7.11 Å². The Morgan fingerprint density at radius 2 is 1.79 bits per heavy atom. The number of hydrogen-bond acceptors (Lipinski definition) is 3. The van der Waals surface area contributed by atoms with Gasteiger partial charge < -0.3 is 15.2 Å². The number of ether oxygens (including phenoxy) is 1. The van der Waals surface area contributed by atoms with Crippen molar-refractivity contribution in [3.8, 4) is 0 Å². The molecule has 0 aliphatic rings. The fraction of sp³-hybridized carbons (Fsp3) is 1.00. The number of methoxy groups -OCH3 is 1. The van der Waals surface area contributed by atoms with Crippen LogP contribution in [0.1, 0.15) is 34.1 Å². The van der Waals surface area contributed by atoms with Crippen molar-refractivity contribution in [2.75, 3.05) is 13.7 Å². The van der Waals surface area contributed by atoms with E-state index in [-0.39, 0.29) is 18.2 Å². The zero-order chi connectivity index (χ0) is 11.1. The van der Waals surface area contributed by atoms with Gasteiger partial charge in [0.05, 0.1) is 12.2 Å². The van der Waals surface area contributed by atoms with E-state index in [0.29, 0.717) is 12.5 Å². The largest absolute Gasteiger partial charge is 0.392 e. The molecule has 14 heavy (non-hydrogen) atoms. The van der Waals surface area contributed by atoms with Gasteiger partial charge in [0.15, 0.2) is 0 Å². The molecule has 0 aromatic rings. The molecule has 0 aliphatic heterocycles. The summed E-state index contributed by atoms with van der Waals surface area (Å²) in [6.45, 7) is 8.96. The first kappa shape index (κ1) is 13.9. The molecular formula is C11H25NO2. The third kappa shape index (κ3) is 6.35. The molecule has 0 heterocycles. The molecule has 0 aromatic carbocycles. The van der Waals surface area contributed by atoms with Crippen LogP contribution in [0.3, 0.4) is 0 Å². The average Bonchev–Trinajstić information content (AvgIpc) is 2.11. The predicted molar refractivity (Wildman–Crippen MR) is 59.4 cm³/mol. The summed E-state index contributed by atoms with van der Waals surface area (Å²) in [5.74, 6) is 0.543. The highest BCUT2D eigenvalue weighted by molar-refractivity contribution is 4.71. The molecule has 0 fully saturated rings. The second-order valence-corrected chi connectivity index (χ2v) is 4.42. The second kappa shape index (κ2) is 7.21. The van der Waals surface area contributed by atoms with Crippen molar-refractivity contribution in [3.63, 3.8) is 0 Å². The molecule has 0 rings (SSSR count). The van der Waals surface area contributed by atoms with Gasteiger partial charge in [-0.1, -0.05) is 13.8 Å². The maximum absolute atomic E-state index is 9.62. The van der Waals surface area contributed by atoms with Gasteiger partial charge in [-0.25, -0.2) is 0 Å². The van der Waals surface area contributed by atoms with Crippen molar-refractivity contribution < 1.29 is 9.84 Å². The summed E-state index contributed by atoms with van der Waals surface area (Å²) in [6.07, 6.45) is 0.781. The zero-order valence-electron chi connectivity index (χ0n) is 10.1. The standard InChI is InChI=1S/C11H25NO2/c1-8(2)6-11(13)7-12-9(3)10(4)14-5/h8-13H,6-7H2,1-5H3. The lowest BCUT2D eigenvalue weighted by atomic mass is 10.1.